The van der Waals surface area contributed by atoms with E-state index in [-0.39, 0.29) is 0 Å². The number of hydrogen-bond donors (Lipinski definition) is 1. The van der Waals surface area contributed by atoms with E-state index in [1.165, 1.54) is 0 Å². The molecule has 0 aliphatic carbocycles. The van der Waals surface area contributed by atoms with E-state index in [9.17, 15) is 0 Å². The summed E-state index contributed by atoms with van der Waals surface area (Å²) in [7, 11) is 0. The normalized spacial score (nSPS) is 16.1. The number of nitriles is 1. The number of pyridine rings is 1. The second kappa shape index (κ2) is 5.25. The minimum Gasteiger partial charge on any atom is -0.355 e. The minimum atomic E-state index is 0.690. The fourth-order valence-electron chi connectivity index (χ4n) is 2.53. The van der Waals surface area contributed by atoms with E-state index in [0.29, 0.717) is 5.56 Å². The quantitative estimate of drug-likeness (QED) is 0.842. The summed E-state index contributed by atoms with van der Waals surface area (Å²) in [5.41, 5.74) is 0.690. The van der Waals surface area contributed by atoms with Crippen molar-refractivity contribution in [2.24, 2.45) is 0 Å². The van der Waals surface area contributed by atoms with E-state index in [4.69, 9.17) is 5.26 Å². The molecule has 1 aromatic heterocycles. The molecule has 0 bridgehead atoms. The topological polar surface area (TPSA) is 52.0 Å². The van der Waals surface area contributed by atoms with Crippen LogP contribution < -0.4 is 10.2 Å². The number of fused-ring (bicyclic) bond motifs is 1. The van der Waals surface area contributed by atoms with Crippen molar-refractivity contribution in [3.8, 4) is 6.07 Å². The number of rotatable bonds is 1. The fourth-order valence-corrected chi connectivity index (χ4v) is 2.53. The van der Waals surface area contributed by atoms with E-state index in [1.54, 1.807) is 0 Å². The Morgan fingerprint density at radius 1 is 1.21 bits per heavy atom. The molecule has 2 aromatic rings. The minimum absolute atomic E-state index is 0.690. The van der Waals surface area contributed by atoms with E-state index in [0.717, 1.165) is 49.2 Å². The summed E-state index contributed by atoms with van der Waals surface area (Å²) in [6, 6.07) is 9.99. The fraction of sp³-hybridized carbons (Fsp3) is 0.333. The van der Waals surface area contributed by atoms with Gasteiger partial charge in [-0.1, -0.05) is 6.07 Å². The maximum Gasteiger partial charge on any atom is 0.136 e. The van der Waals surface area contributed by atoms with Gasteiger partial charge in [0, 0.05) is 31.2 Å². The average Bonchev–Trinajstić information content (AvgIpc) is 2.75. The Hall–Kier alpha value is -2.12. The molecule has 1 saturated heterocycles. The molecule has 19 heavy (non-hydrogen) atoms. The number of anilines is 1. The van der Waals surface area contributed by atoms with Crippen LogP contribution in [0.3, 0.4) is 0 Å². The van der Waals surface area contributed by atoms with Crippen molar-refractivity contribution in [1.82, 2.24) is 10.3 Å². The Morgan fingerprint density at radius 3 is 3.05 bits per heavy atom. The molecular weight excluding hydrogens is 236 g/mol. The van der Waals surface area contributed by atoms with E-state index in [2.05, 4.69) is 21.3 Å². The van der Waals surface area contributed by atoms with E-state index >= 15 is 0 Å². The molecule has 2 heterocycles. The number of nitrogens with zero attached hydrogens (tertiary/aromatic N) is 3. The van der Waals surface area contributed by atoms with Gasteiger partial charge in [0.05, 0.1) is 11.6 Å². The predicted molar refractivity (Wildman–Crippen MR) is 76.2 cm³/mol. The van der Waals surface area contributed by atoms with Gasteiger partial charge < -0.3 is 10.2 Å². The van der Waals surface area contributed by atoms with E-state index in [1.807, 2.05) is 30.5 Å². The summed E-state index contributed by atoms with van der Waals surface area (Å²) in [5, 5.41) is 14.7. The third-order valence-corrected chi connectivity index (χ3v) is 3.51. The van der Waals surface area contributed by atoms with Crippen molar-refractivity contribution in [3.05, 3.63) is 36.0 Å². The van der Waals surface area contributed by atoms with Gasteiger partial charge in [-0.3, -0.25) is 0 Å². The van der Waals surface area contributed by atoms with Crippen molar-refractivity contribution < 1.29 is 0 Å². The zero-order chi connectivity index (χ0) is 13.1. The molecule has 4 nitrogen and oxygen atoms in total. The van der Waals surface area contributed by atoms with Crippen molar-refractivity contribution >= 4 is 16.6 Å². The standard InChI is InChI=1S/C15H16N4/c16-11-12-2-3-13-4-6-18-15(14(13)10-12)19-8-1-5-17-7-9-19/h2-4,6,10,17H,1,5,7-9H2. The lowest BCUT2D eigenvalue weighted by atomic mass is 10.1. The van der Waals surface area contributed by atoms with Crippen LogP contribution in [0, 0.1) is 11.3 Å². The Morgan fingerprint density at radius 2 is 2.16 bits per heavy atom. The lowest BCUT2D eigenvalue weighted by Gasteiger charge is -2.22. The maximum atomic E-state index is 9.05. The van der Waals surface area contributed by atoms with Crippen molar-refractivity contribution in [2.75, 3.05) is 31.1 Å². The Bertz CT molecular complexity index is 622. The van der Waals surface area contributed by atoms with Crippen LogP contribution in [0.2, 0.25) is 0 Å². The first kappa shape index (κ1) is 11.9. The molecule has 3 rings (SSSR count). The lowest BCUT2D eigenvalue weighted by Crippen LogP contribution is -2.28. The van der Waals surface area contributed by atoms with Crippen LogP contribution in [0.4, 0.5) is 5.82 Å². The summed E-state index contributed by atoms with van der Waals surface area (Å²) in [6.45, 7) is 4.01. The second-order valence-corrected chi connectivity index (χ2v) is 4.77. The molecule has 0 amide bonds. The van der Waals surface area contributed by atoms with Gasteiger partial charge in [-0.25, -0.2) is 4.98 Å². The van der Waals surface area contributed by atoms with E-state index < -0.39 is 0 Å². The van der Waals surface area contributed by atoms with Crippen LogP contribution in [0.5, 0.6) is 0 Å². The first-order valence-corrected chi connectivity index (χ1v) is 6.63. The Balaban J connectivity index is 2.08. The van der Waals surface area contributed by atoms with Gasteiger partial charge in [-0.05, 0) is 36.6 Å². The van der Waals surface area contributed by atoms with Crippen molar-refractivity contribution in [2.45, 2.75) is 6.42 Å². The molecule has 1 aliphatic heterocycles. The first-order valence-electron chi connectivity index (χ1n) is 6.63. The smallest absolute Gasteiger partial charge is 0.136 e. The molecule has 0 unspecified atom stereocenters. The molecule has 0 spiro atoms. The van der Waals surface area contributed by atoms with Gasteiger partial charge in [-0.15, -0.1) is 0 Å². The number of hydrogen-bond acceptors (Lipinski definition) is 4. The Labute approximate surface area is 112 Å². The molecule has 1 N–H and O–H groups in total. The summed E-state index contributed by atoms with van der Waals surface area (Å²) in [5.74, 6) is 0.998. The largest absolute Gasteiger partial charge is 0.355 e. The van der Waals surface area contributed by atoms with Gasteiger partial charge >= 0.3 is 0 Å². The average molecular weight is 252 g/mol. The van der Waals surface area contributed by atoms with Crippen LogP contribution in [-0.2, 0) is 0 Å². The van der Waals surface area contributed by atoms with Crippen LogP contribution in [0.15, 0.2) is 30.5 Å². The van der Waals surface area contributed by atoms with Gasteiger partial charge in [0.2, 0.25) is 0 Å². The Kier molecular flexibility index (Phi) is 3.30. The molecule has 0 radical (unpaired) electrons. The molecule has 0 saturated carbocycles. The second-order valence-electron chi connectivity index (χ2n) is 4.77. The third-order valence-electron chi connectivity index (χ3n) is 3.51. The number of benzene rings is 1. The zero-order valence-corrected chi connectivity index (χ0v) is 10.8. The zero-order valence-electron chi connectivity index (χ0n) is 10.8. The first-order chi connectivity index (χ1) is 9.38. The predicted octanol–water partition coefficient (Wildman–Crippen LogP) is 1.91. The summed E-state index contributed by atoms with van der Waals surface area (Å²) < 4.78 is 0. The van der Waals surface area contributed by atoms with Crippen LogP contribution in [-0.4, -0.2) is 31.2 Å². The third kappa shape index (κ3) is 2.38. The van der Waals surface area contributed by atoms with Gasteiger partial charge in [0.25, 0.3) is 0 Å². The highest BCUT2D eigenvalue weighted by molar-refractivity contribution is 5.93. The van der Waals surface area contributed by atoms with Crippen molar-refractivity contribution in [1.29, 1.82) is 5.26 Å². The van der Waals surface area contributed by atoms with Gasteiger partial charge in [-0.2, -0.15) is 5.26 Å². The molecule has 1 aromatic carbocycles. The highest BCUT2D eigenvalue weighted by Crippen LogP contribution is 2.25. The summed E-state index contributed by atoms with van der Waals surface area (Å²) in [4.78, 5) is 6.85. The number of aromatic nitrogens is 1. The lowest BCUT2D eigenvalue weighted by molar-refractivity contribution is 0.724. The summed E-state index contributed by atoms with van der Waals surface area (Å²) >= 11 is 0. The highest BCUT2D eigenvalue weighted by atomic mass is 15.2. The monoisotopic (exact) mass is 252 g/mol. The summed E-state index contributed by atoms with van der Waals surface area (Å²) in [6.07, 6.45) is 2.97. The molecule has 4 heteroatoms. The number of nitrogens with one attached hydrogen (secondary N) is 1. The van der Waals surface area contributed by atoms with Crippen LogP contribution in [0.1, 0.15) is 12.0 Å². The highest BCUT2D eigenvalue weighted by Gasteiger charge is 2.13. The molecule has 1 fully saturated rings. The molecule has 96 valence electrons. The SMILES string of the molecule is N#Cc1ccc2ccnc(N3CCCNCC3)c2c1. The molecule has 1 aliphatic rings. The van der Waals surface area contributed by atoms with Crippen LogP contribution in [0.25, 0.3) is 10.8 Å². The van der Waals surface area contributed by atoms with Crippen molar-refractivity contribution in [3.63, 3.8) is 0 Å². The van der Waals surface area contributed by atoms with Gasteiger partial charge in [0.1, 0.15) is 5.82 Å². The molecule has 0 atom stereocenters. The maximum absolute atomic E-state index is 9.05. The van der Waals surface area contributed by atoms with Gasteiger partial charge in [0.15, 0.2) is 0 Å². The van der Waals surface area contributed by atoms with Crippen LogP contribution >= 0.6 is 0 Å². The molecular formula is C15H16N4.